The molecule has 0 amide bonds. The smallest absolute Gasteiger partial charge is 0.432 e. The lowest BCUT2D eigenvalue weighted by Gasteiger charge is -2.59. The zero-order valence-corrected chi connectivity index (χ0v) is 22.1. The summed E-state index contributed by atoms with van der Waals surface area (Å²) in [6.07, 6.45) is 0.218. The average Bonchev–Trinajstić information content (AvgIpc) is 2.86. The van der Waals surface area contributed by atoms with Crippen LogP contribution in [0.15, 0.2) is 12.1 Å². The highest BCUT2D eigenvalue weighted by Gasteiger charge is 2.75. The molecule has 0 aromatic heterocycles. The molecule has 1 aromatic carbocycles. The Kier molecular flexibility index (Phi) is 6.80. The highest BCUT2D eigenvalue weighted by atomic mass is 16.7. The van der Waals surface area contributed by atoms with E-state index < -0.39 is 29.0 Å². The van der Waals surface area contributed by atoms with E-state index in [2.05, 4.69) is 60.6 Å². The summed E-state index contributed by atoms with van der Waals surface area (Å²) in [5.41, 5.74) is 2.59. The predicted octanol–water partition coefficient (Wildman–Crippen LogP) is 6.30. The van der Waals surface area contributed by atoms with Crippen LogP contribution < -0.4 is 0 Å². The van der Waals surface area contributed by atoms with Gasteiger partial charge >= 0.3 is 6.16 Å². The van der Waals surface area contributed by atoms with E-state index in [1.165, 1.54) is 0 Å². The van der Waals surface area contributed by atoms with Crippen LogP contribution in [-0.2, 0) is 19.0 Å². The first kappa shape index (κ1) is 25.7. The molecule has 0 spiro atoms. The number of carbonyl (C=O) groups excluding carboxylic acids is 2. The van der Waals surface area contributed by atoms with Crippen LogP contribution in [0.4, 0.5) is 4.79 Å². The highest BCUT2D eigenvalue weighted by molar-refractivity contribution is 5.97. The fourth-order valence-corrected chi connectivity index (χ4v) is 7.16. The SMILES string of the molecule is COC[C@@]1(C)CCC(C)[C@]2(C)C(OC(=O)OC(C)C)C(c3c(C)cc(C)cc3C)C(=O)[C@]12C. The summed E-state index contributed by atoms with van der Waals surface area (Å²) >= 11 is 0. The lowest BCUT2D eigenvalue weighted by Crippen LogP contribution is -2.60. The molecule has 0 aliphatic heterocycles. The number of fused-ring (bicyclic) bond motifs is 1. The number of hydrogen-bond donors (Lipinski definition) is 0. The number of aryl methyl sites for hydroxylation is 3. The van der Waals surface area contributed by atoms with Gasteiger partial charge in [-0.3, -0.25) is 4.79 Å². The van der Waals surface area contributed by atoms with Gasteiger partial charge < -0.3 is 14.2 Å². The molecular formula is C28H42O5. The van der Waals surface area contributed by atoms with Gasteiger partial charge in [-0.1, -0.05) is 45.4 Å². The van der Waals surface area contributed by atoms with Gasteiger partial charge in [0.1, 0.15) is 6.10 Å². The third-order valence-corrected chi connectivity index (χ3v) is 9.17. The van der Waals surface area contributed by atoms with Gasteiger partial charge in [0.25, 0.3) is 0 Å². The van der Waals surface area contributed by atoms with E-state index in [4.69, 9.17) is 14.2 Å². The van der Waals surface area contributed by atoms with Gasteiger partial charge in [-0.05, 0) is 70.1 Å². The van der Waals surface area contributed by atoms with Crippen LogP contribution in [0.25, 0.3) is 0 Å². The standard InChI is InChI=1S/C28H42O5/c1-16(2)32-25(30)33-24-22(21-18(4)13-17(3)14-19(21)5)23(29)28(9)26(7,15-31-10)12-11-20(6)27(24,28)8/h13-14,16,20,22,24H,11-12,15H2,1-10H3/t20?,22?,24?,26-,27-,28-/m1/s1. The number of hydrogen-bond acceptors (Lipinski definition) is 5. The number of Topliss-reactive ketones (excluding diaryl/α,β-unsaturated/α-hetero) is 1. The van der Waals surface area contributed by atoms with Crippen molar-refractivity contribution in [3.8, 4) is 0 Å². The van der Waals surface area contributed by atoms with Gasteiger partial charge in [0, 0.05) is 23.4 Å². The van der Waals surface area contributed by atoms with Crippen molar-refractivity contribution in [3.63, 3.8) is 0 Å². The molecule has 2 fully saturated rings. The molecule has 6 atom stereocenters. The summed E-state index contributed by atoms with van der Waals surface area (Å²) in [5.74, 6) is -0.213. The maximum absolute atomic E-state index is 14.6. The van der Waals surface area contributed by atoms with E-state index in [9.17, 15) is 9.59 Å². The van der Waals surface area contributed by atoms with E-state index in [0.29, 0.717) is 6.61 Å². The molecule has 0 heterocycles. The first-order valence-electron chi connectivity index (χ1n) is 12.2. The largest absolute Gasteiger partial charge is 0.508 e. The minimum absolute atomic E-state index is 0.147. The van der Waals surface area contributed by atoms with Crippen LogP contribution >= 0.6 is 0 Å². The molecule has 2 saturated carbocycles. The maximum atomic E-state index is 14.6. The van der Waals surface area contributed by atoms with Crippen molar-refractivity contribution in [1.29, 1.82) is 0 Å². The average molecular weight is 459 g/mol. The Balaban J connectivity index is 2.28. The molecule has 5 nitrogen and oxygen atoms in total. The molecule has 0 N–H and O–H groups in total. The second-order valence-electron chi connectivity index (χ2n) is 11.5. The Labute approximate surface area is 199 Å². The van der Waals surface area contributed by atoms with Crippen LogP contribution in [0.2, 0.25) is 0 Å². The number of carbonyl (C=O) groups is 2. The van der Waals surface area contributed by atoms with Crippen molar-refractivity contribution in [2.75, 3.05) is 13.7 Å². The zero-order chi connectivity index (χ0) is 24.9. The van der Waals surface area contributed by atoms with Gasteiger partial charge in [-0.15, -0.1) is 0 Å². The summed E-state index contributed by atoms with van der Waals surface area (Å²) in [6.45, 7) is 18.9. The van der Waals surface area contributed by atoms with Crippen LogP contribution in [0.5, 0.6) is 0 Å². The van der Waals surface area contributed by atoms with Crippen LogP contribution in [0.1, 0.15) is 82.6 Å². The van der Waals surface area contributed by atoms with Crippen molar-refractivity contribution >= 4 is 11.9 Å². The van der Waals surface area contributed by atoms with Crippen molar-refractivity contribution in [3.05, 3.63) is 34.4 Å². The molecule has 33 heavy (non-hydrogen) atoms. The Bertz CT molecular complexity index is 913. The van der Waals surface area contributed by atoms with Crippen LogP contribution in [0.3, 0.4) is 0 Å². The number of benzene rings is 1. The minimum Gasteiger partial charge on any atom is -0.432 e. The first-order chi connectivity index (χ1) is 15.2. The molecule has 0 bridgehead atoms. The third kappa shape index (κ3) is 3.71. The normalized spacial score (nSPS) is 36.1. The molecule has 3 unspecified atom stereocenters. The van der Waals surface area contributed by atoms with Gasteiger partial charge in [0.2, 0.25) is 0 Å². The second kappa shape index (κ2) is 8.72. The number of ketones is 1. The van der Waals surface area contributed by atoms with Crippen molar-refractivity contribution < 1.29 is 23.8 Å². The fraction of sp³-hybridized carbons (Fsp3) is 0.714. The summed E-state index contributed by atoms with van der Waals surface area (Å²) in [6, 6.07) is 4.23. The first-order valence-corrected chi connectivity index (χ1v) is 12.2. The lowest BCUT2D eigenvalue weighted by atomic mass is 9.45. The number of ether oxygens (including phenoxy) is 3. The van der Waals surface area contributed by atoms with Gasteiger partial charge in [-0.25, -0.2) is 4.79 Å². The number of rotatable bonds is 5. The van der Waals surface area contributed by atoms with Gasteiger partial charge in [0.15, 0.2) is 5.78 Å². The highest BCUT2D eigenvalue weighted by Crippen LogP contribution is 2.71. The van der Waals surface area contributed by atoms with E-state index in [-0.39, 0.29) is 23.2 Å². The summed E-state index contributed by atoms with van der Waals surface area (Å²) < 4.78 is 17.2. The number of methoxy groups -OCH3 is 1. The summed E-state index contributed by atoms with van der Waals surface area (Å²) in [5, 5.41) is 0. The second-order valence-corrected chi connectivity index (χ2v) is 11.5. The van der Waals surface area contributed by atoms with Gasteiger partial charge in [0.05, 0.1) is 18.6 Å². The molecule has 1 aromatic rings. The van der Waals surface area contributed by atoms with Crippen LogP contribution in [0, 0.1) is 42.9 Å². The van der Waals surface area contributed by atoms with Crippen molar-refractivity contribution in [1.82, 2.24) is 0 Å². The van der Waals surface area contributed by atoms with Crippen molar-refractivity contribution in [2.45, 2.75) is 93.3 Å². The Morgan fingerprint density at radius 2 is 1.70 bits per heavy atom. The molecule has 184 valence electrons. The summed E-state index contributed by atoms with van der Waals surface area (Å²) in [4.78, 5) is 27.5. The Morgan fingerprint density at radius 1 is 1.12 bits per heavy atom. The van der Waals surface area contributed by atoms with Crippen molar-refractivity contribution in [2.24, 2.45) is 22.2 Å². The molecule has 0 saturated heterocycles. The third-order valence-electron chi connectivity index (χ3n) is 9.17. The monoisotopic (exact) mass is 458 g/mol. The predicted molar refractivity (Wildman–Crippen MR) is 129 cm³/mol. The van der Waals surface area contributed by atoms with E-state index in [1.54, 1.807) is 21.0 Å². The minimum atomic E-state index is -0.731. The molecule has 5 heteroatoms. The quantitative estimate of drug-likeness (QED) is 0.484. The summed E-state index contributed by atoms with van der Waals surface area (Å²) in [7, 11) is 1.70. The van der Waals surface area contributed by atoms with Crippen LogP contribution in [-0.4, -0.2) is 37.9 Å². The topological polar surface area (TPSA) is 61.8 Å². The molecular weight excluding hydrogens is 416 g/mol. The Hall–Kier alpha value is -1.88. The zero-order valence-electron chi connectivity index (χ0n) is 22.1. The lowest BCUT2D eigenvalue weighted by molar-refractivity contribution is -0.177. The maximum Gasteiger partial charge on any atom is 0.508 e. The van der Waals surface area contributed by atoms with E-state index in [0.717, 1.165) is 35.1 Å². The Morgan fingerprint density at radius 3 is 2.21 bits per heavy atom. The van der Waals surface area contributed by atoms with Gasteiger partial charge in [-0.2, -0.15) is 0 Å². The molecule has 0 radical (unpaired) electrons. The van der Waals surface area contributed by atoms with E-state index >= 15 is 0 Å². The molecule has 2 aliphatic rings. The van der Waals surface area contributed by atoms with E-state index in [1.807, 2.05) is 0 Å². The molecule has 3 rings (SSSR count). The fourth-order valence-electron chi connectivity index (χ4n) is 7.16. The molecule has 2 aliphatic carbocycles.